The predicted molar refractivity (Wildman–Crippen MR) is 76.6 cm³/mol. The molecule has 0 amide bonds. The molecule has 0 bridgehead atoms. The van der Waals surface area contributed by atoms with Gasteiger partial charge in [-0.05, 0) is 32.1 Å². The number of nitrogens with two attached hydrogens (primary N) is 1. The number of thioether (sulfide) groups is 1. The lowest BCUT2D eigenvalue weighted by Gasteiger charge is -2.13. The molecule has 0 aliphatic heterocycles. The molecule has 1 heterocycles. The molecule has 1 saturated carbocycles. The minimum absolute atomic E-state index is 0.310. The van der Waals surface area contributed by atoms with E-state index >= 15 is 0 Å². The lowest BCUT2D eigenvalue weighted by molar-refractivity contribution is 0.920. The van der Waals surface area contributed by atoms with Gasteiger partial charge in [0.15, 0.2) is 0 Å². The van der Waals surface area contributed by atoms with Crippen molar-refractivity contribution in [2.45, 2.75) is 24.5 Å². The van der Waals surface area contributed by atoms with Gasteiger partial charge in [0.05, 0.1) is 0 Å². The molecular formula is C11H16N4S2. The summed E-state index contributed by atoms with van der Waals surface area (Å²) in [5, 5.41) is 3.28. The van der Waals surface area contributed by atoms with E-state index in [-0.39, 0.29) is 0 Å². The average Bonchev–Trinajstić information content (AvgIpc) is 3.06. The summed E-state index contributed by atoms with van der Waals surface area (Å²) >= 11 is 6.83. The van der Waals surface area contributed by atoms with E-state index in [2.05, 4.69) is 21.5 Å². The van der Waals surface area contributed by atoms with E-state index in [0.29, 0.717) is 21.4 Å². The molecule has 0 radical (unpaired) electrons. The fourth-order valence-electron chi connectivity index (χ4n) is 1.61. The largest absolute Gasteiger partial charge is 0.388 e. The van der Waals surface area contributed by atoms with Gasteiger partial charge in [-0.15, -0.1) is 0 Å². The second-order valence-electron chi connectivity index (χ2n) is 4.32. The molecule has 0 saturated heterocycles. The first-order chi connectivity index (χ1) is 8.04. The second kappa shape index (κ2) is 4.78. The van der Waals surface area contributed by atoms with Crippen LogP contribution in [0.3, 0.4) is 0 Å². The SMILES string of the molecule is CSC1(CNc2nc(C)cc(C(N)=S)n2)CC1. The van der Waals surface area contributed by atoms with Crippen LogP contribution >= 0.6 is 24.0 Å². The summed E-state index contributed by atoms with van der Waals surface area (Å²) < 4.78 is 0.385. The van der Waals surface area contributed by atoms with E-state index in [1.54, 1.807) is 6.07 Å². The van der Waals surface area contributed by atoms with Crippen molar-refractivity contribution < 1.29 is 0 Å². The smallest absolute Gasteiger partial charge is 0.223 e. The monoisotopic (exact) mass is 268 g/mol. The zero-order valence-electron chi connectivity index (χ0n) is 9.99. The molecule has 0 aromatic carbocycles. The van der Waals surface area contributed by atoms with Gasteiger partial charge in [-0.2, -0.15) is 11.8 Å². The maximum Gasteiger partial charge on any atom is 0.223 e. The second-order valence-corrected chi connectivity index (χ2v) is 6.04. The molecule has 1 fully saturated rings. The zero-order chi connectivity index (χ0) is 12.5. The number of rotatable bonds is 5. The predicted octanol–water partition coefficient (Wildman–Crippen LogP) is 1.73. The Bertz CT molecular complexity index is 443. The number of thiocarbonyl (C=S) groups is 1. The number of nitrogens with one attached hydrogen (secondary N) is 1. The van der Waals surface area contributed by atoms with Crippen molar-refractivity contribution >= 4 is 34.9 Å². The van der Waals surface area contributed by atoms with Gasteiger partial charge in [0, 0.05) is 17.0 Å². The Balaban J connectivity index is 2.07. The van der Waals surface area contributed by atoms with Gasteiger partial charge < -0.3 is 11.1 Å². The standard InChI is InChI=1S/C11H16N4S2/c1-7-5-8(9(12)16)15-10(14-7)13-6-11(17-2)3-4-11/h5H,3-4,6H2,1-2H3,(H2,12,16)(H,13,14,15). The third kappa shape index (κ3) is 3.07. The number of hydrogen-bond acceptors (Lipinski definition) is 5. The maximum absolute atomic E-state index is 5.58. The molecule has 1 aromatic rings. The van der Waals surface area contributed by atoms with Crippen molar-refractivity contribution in [2.75, 3.05) is 18.1 Å². The lowest BCUT2D eigenvalue weighted by atomic mass is 10.3. The normalized spacial score (nSPS) is 16.6. The molecular weight excluding hydrogens is 252 g/mol. The molecule has 2 rings (SSSR count). The van der Waals surface area contributed by atoms with Crippen LogP contribution in [0.15, 0.2) is 6.07 Å². The van der Waals surface area contributed by atoms with Gasteiger partial charge in [0.25, 0.3) is 0 Å². The summed E-state index contributed by atoms with van der Waals surface area (Å²) in [6.45, 7) is 2.81. The molecule has 3 N–H and O–H groups in total. The van der Waals surface area contributed by atoms with Crippen LogP contribution in [0.2, 0.25) is 0 Å². The average molecular weight is 268 g/mol. The van der Waals surface area contributed by atoms with Gasteiger partial charge in [0.1, 0.15) is 10.7 Å². The van der Waals surface area contributed by atoms with Gasteiger partial charge in [0.2, 0.25) is 5.95 Å². The summed E-state index contributed by atoms with van der Waals surface area (Å²) in [7, 11) is 0. The first-order valence-electron chi connectivity index (χ1n) is 5.49. The van der Waals surface area contributed by atoms with Gasteiger partial charge in [-0.1, -0.05) is 12.2 Å². The fourth-order valence-corrected chi connectivity index (χ4v) is 2.44. The molecule has 17 heavy (non-hydrogen) atoms. The Kier molecular flexibility index (Phi) is 3.53. The van der Waals surface area contributed by atoms with Crippen LogP contribution in [0.5, 0.6) is 0 Å². The first kappa shape index (κ1) is 12.6. The van der Waals surface area contributed by atoms with E-state index in [0.717, 1.165) is 12.2 Å². The van der Waals surface area contributed by atoms with Crippen molar-refractivity contribution in [2.24, 2.45) is 5.73 Å². The number of nitrogens with zero attached hydrogens (tertiary/aromatic N) is 2. The number of aromatic nitrogens is 2. The molecule has 1 aliphatic carbocycles. The Labute approximate surface area is 111 Å². The number of hydrogen-bond donors (Lipinski definition) is 2. The molecule has 92 valence electrons. The van der Waals surface area contributed by atoms with E-state index in [1.807, 2.05) is 18.7 Å². The van der Waals surface area contributed by atoms with Gasteiger partial charge >= 0.3 is 0 Å². The quantitative estimate of drug-likeness (QED) is 0.793. The van der Waals surface area contributed by atoms with Gasteiger partial charge in [-0.25, -0.2) is 9.97 Å². The molecule has 0 spiro atoms. The fraction of sp³-hybridized carbons (Fsp3) is 0.545. The van der Waals surface area contributed by atoms with Crippen LogP contribution in [-0.4, -0.2) is 32.5 Å². The highest BCUT2D eigenvalue weighted by Gasteiger charge is 2.41. The molecule has 0 unspecified atom stereocenters. The molecule has 1 aliphatic rings. The highest BCUT2D eigenvalue weighted by Crippen LogP contribution is 2.46. The van der Waals surface area contributed by atoms with E-state index in [4.69, 9.17) is 18.0 Å². The maximum atomic E-state index is 5.58. The van der Waals surface area contributed by atoms with E-state index in [9.17, 15) is 0 Å². The van der Waals surface area contributed by atoms with Crippen LogP contribution < -0.4 is 11.1 Å². The Hall–Kier alpha value is -0.880. The minimum Gasteiger partial charge on any atom is -0.388 e. The zero-order valence-corrected chi connectivity index (χ0v) is 11.6. The van der Waals surface area contributed by atoms with Crippen LogP contribution in [-0.2, 0) is 0 Å². The van der Waals surface area contributed by atoms with Gasteiger partial charge in [-0.3, -0.25) is 0 Å². The molecule has 0 atom stereocenters. The van der Waals surface area contributed by atoms with Crippen molar-refractivity contribution in [3.63, 3.8) is 0 Å². The van der Waals surface area contributed by atoms with E-state index in [1.165, 1.54) is 12.8 Å². The van der Waals surface area contributed by atoms with Crippen LogP contribution in [0.1, 0.15) is 24.2 Å². The number of aryl methyl sites for hydroxylation is 1. The third-order valence-corrected chi connectivity index (χ3v) is 4.54. The van der Waals surface area contributed by atoms with Crippen molar-refractivity contribution in [1.29, 1.82) is 0 Å². The topological polar surface area (TPSA) is 63.8 Å². The summed E-state index contributed by atoms with van der Waals surface area (Å²) in [5.74, 6) is 0.619. The number of anilines is 1. The highest BCUT2D eigenvalue weighted by atomic mass is 32.2. The first-order valence-corrected chi connectivity index (χ1v) is 7.12. The minimum atomic E-state index is 0.310. The Morgan fingerprint density at radius 2 is 2.29 bits per heavy atom. The lowest BCUT2D eigenvalue weighted by Crippen LogP contribution is -2.20. The van der Waals surface area contributed by atoms with Crippen LogP contribution in [0.4, 0.5) is 5.95 Å². The van der Waals surface area contributed by atoms with Crippen molar-refractivity contribution in [3.8, 4) is 0 Å². The highest BCUT2D eigenvalue weighted by molar-refractivity contribution is 8.00. The summed E-state index contributed by atoms with van der Waals surface area (Å²) in [6.07, 6.45) is 4.66. The third-order valence-electron chi connectivity index (χ3n) is 2.92. The van der Waals surface area contributed by atoms with E-state index < -0.39 is 0 Å². The van der Waals surface area contributed by atoms with Crippen LogP contribution in [0.25, 0.3) is 0 Å². The summed E-state index contributed by atoms with van der Waals surface area (Å²) in [6, 6.07) is 1.80. The molecule has 1 aromatic heterocycles. The summed E-state index contributed by atoms with van der Waals surface area (Å²) in [5.41, 5.74) is 7.08. The Morgan fingerprint density at radius 1 is 1.59 bits per heavy atom. The summed E-state index contributed by atoms with van der Waals surface area (Å²) in [4.78, 5) is 8.95. The van der Waals surface area contributed by atoms with Crippen molar-refractivity contribution in [3.05, 3.63) is 17.5 Å². The van der Waals surface area contributed by atoms with Crippen molar-refractivity contribution in [1.82, 2.24) is 9.97 Å². The molecule has 4 nitrogen and oxygen atoms in total. The Morgan fingerprint density at radius 3 is 2.82 bits per heavy atom. The molecule has 6 heteroatoms. The van der Waals surface area contributed by atoms with Crippen LogP contribution in [0, 0.1) is 6.92 Å².